The van der Waals surface area contributed by atoms with Gasteiger partial charge in [-0.25, -0.2) is 4.98 Å². The maximum atomic E-state index is 12.7. The molecule has 0 saturated heterocycles. The van der Waals surface area contributed by atoms with Crippen LogP contribution in [0, 0.1) is 5.92 Å². The molecule has 1 aromatic heterocycles. The third-order valence-corrected chi connectivity index (χ3v) is 5.06. The monoisotopic (exact) mass is 333 g/mol. The molecule has 4 nitrogen and oxygen atoms in total. The molecule has 2 aromatic carbocycles. The molecule has 0 radical (unpaired) electrons. The van der Waals surface area contributed by atoms with Gasteiger partial charge < -0.3 is 10.3 Å². The van der Waals surface area contributed by atoms with Crippen molar-refractivity contribution < 1.29 is 4.79 Å². The van der Waals surface area contributed by atoms with E-state index in [-0.39, 0.29) is 17.9 Å². The number of imidazole rings is 1. The van der Waals surface area contributed by atoms with Crippen molar-refractivity contribution in [3.63, 3.8) is 0 Å². The van der Waals surface area contributed by atoms with E-state index in [4.69, 9.17) is 4.98 Å². The van der Waals surface area contributed by atoms with Gasteiger partial charge in [0, 0.05) is 5.92 Å². The fraction of sp³-hybridized carbons (Fsp3) is 0.333. The summed E-state index contributed by atoms with van der Waals surface area (Å²) in [6.45, 7) is 0. The SMILES string of the molecule is O=C(N[C@H](Cc1ccccc1)c1nc2ccccc2[nH]1)C1CCCC1. The molecule has 4 rings (SSSR count). The first kappa shape index (κ1) is 15.9. The average molecular weight is 333 g/mol. The summed E-state index contributed by atoms with van der Waals surface area (Å²) in [5.74, 6) is 1.15. The number of benzene rings is 2. The van der Waals surface area contributed by atoms with Crippen molar-refractivity contribution in [3.05, 3.63) is 66.0 Å². The largest absolute Gasteiger partial charge is 0.346 e. The predicted octanol–water partition coefficient (Wildman–Crippen LogP) is 4.15. The van der Waals surface area contributed by atoms with Crippen molar-refractivity contribution in [1.29, 1.82) is 0 Å². The first-order valence-electron chi connectivity index (χ1n) is 9.08. The van der Waals surface area contributed by atoms with Crippen LogP contribution in [0.5, 0.6) is 0 Å². The van der Waals surface area contributed by atoms with E-state index in [9.17, 15) is 4.79 Å². The van der Waals surface area contributed by atoms with Crippen LogP contribution in [-0.4, -0.2) is 15.9 Å². The molecule has 25 heavy (non-hydrogen) atoms. The zero-order valence-electron chi connectivity index (χ0n) is 14.2. The lowest BCUT2D eigenvalue weighted by Gasteiger charge is -2.19. The van der Waals surface area contributed by atoms with Gasteiger partial charge in [-0.1, -0.05) is 55.3 Å². The van der Waals surface area contributed by atoms with Gasteiger partial charge in [-0.2, -0.15) is 0 Å². The molecule has 3 aromatic rings. The molecule has 128 valence electrons. The summed E-state index contributed by atoms with van der Waals surface area (Å²) in [6.07, 6.45) is 5.06. The van der Waals surface area contributed by atoms with Crippen LogP contribution in [0.3, 0.4) is 0 Å². The number of rotatable bonds is 5. The zero-order valence-corrected chi connectivity index (χ0v) is 14.2. The molecule has 1 aliphatic rings. The Hall–Kier alpha value is -2.62. The van der Waals surface area contributed by atoms with Crippen LogP contribution in [0.15, 0.2) is 54.6 Å². The third kappa shape index (κ3) is 3.58. The molecule has 1 saturated carbocycles. The van der Waals surface area contributed by atoms with Crippen LogP contribution in [0.25, 0.3) is 11.0 Å². The highest BCUT2D eigenvalue weighted by molar-refractivity contribution is 5.80. The van der Waals surface area contributed by atoms with E-state index in [1.54, 1.807) is 0 Å². The lowest BCUT2D eigenvalue weighted by atomic mass is 10.0. The van der Waals surface area contributed by atoms with E-state index in [2.05, 4.69) is 22.4 Å². The van der Waals surface area contributed by atoms with E-state index >= 15 is 0 Å². The summed E-state index contributed by atoms with van der Waals surface area (Å²) in [5.41, 5.74) is 3.14. The molecular formula is C21H23N3O. The second-order valence-corrected chi connectivity index (χ2v) is 6.87. The summed E-state index contributed by atoms with van der Waals surface area (Å²) in [6, 6.07) is 18.1. The zero-order chi connectivity index (χ0) is 17.1. The lowest BCUT2D eigenvalue weighted by Crippen LogP contribution is -2.34. The maximum Gasteiger partial charge on any atom is 0.223 e. The van der Waals surface area contributed by atoms with Gasteiger partial charge in [-0.15, -0.1) is 0 Å². The van der Waals surface area contributed by atoms with Gasteiger partial charge in [0.25, 0.3) is 0 Å². The summed E-state index contributed by atoms with van der Waals surface area (Å²) in [7, 11) is 0. The van der Waals surface area contributed by atoms with E-state index in [0.717, 1.165) is 49.0 Å². The fourth-order valence-corrected chi connectivity index (χ4v) is 3.68. The number of aromatic nitrogens is 2. The van der Waals surface area contributed by atoms with Crippen molar-refractivity contribution in [2.45, 2.75) is 38.1 Å². The Morgan fingerprint density at radius 3 is 2.56 bits per heavy atom. The Labute approximate surface area is 147 Å². The molecular weight excluding hydrogens is 310 g/mol. The normalized spacial score (nSPS) is 16.2. The van der Waals surface area contributed by atoms with Gasteiger partial charge >= 0.3 is 0 Å². The smallest absolute Gasteiger partial charge is 0.223 e. The van der Waals surface area contributed by atoms with Crippen LogP contribution < -0.4 is 5.32 Å². The number of carbonyl (C=O) groups is 1. The quantitative estimate of drug-likeness (QED) is 0.737. The minimum absolute atomic E-state index is 0.136. The Morgan fingerprint density at radius 2 is 1.80 bits per heavy atom. The fourth-order valence-electron chi connectivity index (χ4n) is 3.68. The Balaban J connectivity index is 1.61. The number of hydrogen-bond donors (Lipinski definition) is 2. The highest BCUT2D eigenvalue weighted by Gasteiger charge is 2.26. The summed E-state index contributed by atoms with van der Waals surface area (Å²) in [5, 5.41) is 3.25. The van der Waals surface area contributed by atoms with Gasteiger partial charge in [-0.05, 0) is 37.0 Å². The number of H-pyrrole nitrogens is 1. The third-order valence-electron chi connectivity index (χ3n) is 5.06. The van der Waals surface area contributed by atoms with E-state index in [1.807, 2.05) is 42.5 Å². The van der Waals surface area contributed by atoms with Gasteiger partial charge in [0.2, 0.25) is 5.91 Å². The van der Waals surface area contributed by atoms with Crippen LogP contribution in [0.4, 0.5) is 0 Å². The van der Waals surface area contributed by atoms with Crippen molar-refractivity contribution in [2.75, 3.05) is 0 Å². The number of hydrogen-bond acceptors (Lipinski definition) is 2. The van der Waals surface area contributed by atoms with Crippen LogP contribution >= 0.6 is 0 Å². The van der Waals surface area contributed by atoms with E-state index in [0.29, 0.717) is 0 Å². The molecule has 1 fully saturated rings. The van der Waals surface area contributed by atoms with E-state index < -0.39 is 0 Å². The van der Waals surface area contributed by atoms with Gasteiger partial charge in [-0.3, -0.25) is 4.79 Å². The van der Waals surface area contributed by atoms with Crippen LogP contribution in [0.1, 0.15) is 43.1 Å². The van der Waals surface area contributed by atoms with Crippen molar-refractivity contribution >= 4 is 16.9 Å². The second kappa shape index (κ2) is 7.09. The van der Waals surface area contributed by atoms with Gasteiger partial charge in [0.15, 0.2) is 0 Å². The molecule has 0 bridgehead atoms. The van der Waals surface area contributed by atoms with E-state index in [1.165, 1.54) is 5.56 Å². The molecule has 0 unspecified atom stereocenters. The van der Waals surface area contributed by atoms with Gasteiger partial charge in [0.1, 0.15) is 5.82 Å². The second-order valence-electron chi connectivity index (χ2n) is 6.87. The Bertz CT molecular complexity index is 817. The summed E-state index contributed by atoms with van der Waals surface area (Å²) < 4.78 is 0. The first-order valence-corrected chi connectivity index (χ1v) is 9.08. The highest BCUT2D eigenvalue weighted by Crippen LogP contribution is 2.26. The first-order chi connectivity index (χ1) is 12.3. The molecule has 1 atom stereocenters. The number of fused-ring (bicyclic) bond motifs is 1. The summed E-state index contributed by atoms with van der Waals surface area (Å²) in [4.78, 5) is 20.8. The minimum atomic E-state index is -0.136. The average Bonchev–Trinajstić information content (AvgIpc) is 3.31. The molecule has 1 heterocycles. The lowest BCUT2D eigenvalue weighted by molar-refractivity contribution is -0.125. The maximum absolute atomic E-state index is 12.7. The van der Waals surface area contributed by atoms with Crippen LogP contribution in [0.2, 0.25) is 0 Å². The molecule has 1 aliphatic carbocycles. The minimum Gasteiger partial charge on any atom is -0.346 e. The van der Waals surface area contributed by atoms with Crippen molar-refractivity contribution in [1.82, 2.24) is 15.3 Å². The highest BCUT2D eigenvalue weighted by atomic mass is 16.1. The number of nitrogens with zero attached hydrogens (tertiary/aromatic N) is 1. The molecule has 0 aliphatic heterocycles. The molecule has 4 heteroatoms. The summed E-state index contributed by atoms with van der Waals surface area (Å²) >= 11 is 0. The topological polar surface area (TPSA) is 57.8 Å². The number of amides is 1. The van der Waals surface area contributed by atoms with Gasteiger partial charge in [0.05, 0.1) is 17.1 Å². The number of carbonyl (C=O) groups excluding carboxylic acids is 1. The van der Waals surface area contributed by atoms with Crippen LogP contribution in [-0.2, 0) is 11.2 Å². The number of aromatic amines is 1. The Kier molecular flexibility index (Phi) is 4.51. The molecule has 2 N–H and O–H groups in total. The number of para-hydroxylation sites is 2. The van der Waals surface area contributed by atoms with Crippen molar-refractivity contribution in [2.24, 2.45) is 5.92 Å². The Morgan fingerprint density at radius 1 is 1.08 bits per heavy atom. The molecule has 0 spiro atoms. The number of nitrogens with one attached hydrogen (secondary N) is 2. The molecule has 1 amide bonds. The standard InChI is InChI=1S/C21H23N3O/c25-21(16-10-4-5-11-16)24-19(14-15-8-2-1-3-9-15)20-22-17-12-6-7-13-18(17)23-20/h1-3,6-9,12-13,16,19H,4-5,10-11,14H2,(H,22,23)(H,24,25)/t19-/m1/s1. The predicted molar refractivity (Wildman–Crippen MR) is 99.1 cm³/mol. The van der Waals surface area contributed by atoms with Crippen molar-refractivity contribution in [3.8, 4) is 0 Å².